The molecule has 0 amide bonds. The quantitative estimate of drug-likeness (QED) is 0.816. The van der Waals surface area contributed by atoms with Crippen LogP contribution in [0, 0.1) is 11.6 Å². The maximum Gasteiger partial charge on any atom is 0.488 e. The lowest BCUT2D eigenvalue weighted by molar-refractivity contribution is 0.274. The number of hydrogen-bond donors (Lipinski definition) is 2. The second kappa shape index (κ2) is 5.82. The van der Waals surface area contributed by atoms with Gasteiger partial charge in [-0.1, -0.05) is 30.3 Å². The van der Waals surface area contributed by atoms with Crippen molar-refractivity contribution >= 4 is 12.6 Å². The Bertz CT molecular complexity index is 538. The summed E-state index contributed by atoms with van der Waals surface area (Å²) >= 11 is 0. The van der Waals surface area contributed by atoms with E-state index >= 15 is 0 Å². The van der Waals surface area contributed by atoms with Gasteiger partial charge < -0.3 is 14.8 Å². The third-order valence-corrected chi connectivity index (χ3v) is 2.54. The molecular weight excluding hydrogens is 253 g/mol. The molecule has 6 heteroatoms. The molecule has 0 atom stereocenters. The predicted molar refractivity (Wildman–Crippen MR) is 67.0 cm³/mol. The van der Waals surface area contributed by atoms with Gasteiger partial charge in [0.05, 0.1) is 0 Å². The van der Waals surface area contributed by atoms with Gasteiger partial charge in [-0.3, -0.25) is 0 Å². The highest BCUT2D eigenvalue weighted by Gasteiger charge is 2.18. The number of hydrogen-bond acceptors (Lipinski definition) is 3. The first kappa shape index (κ1) is 13.5. The van der Waals surface area contributed by atoms with E-state index in [4.69, 9.17) is 14.8 Å². The van der Waals surface area contributed by atoms with E-state index in [0.29, 0.717) is 0 Å². The smallest absolute Gasteiger partial charge is 0.483 e. The maximum absolute atomic E-state index is 13.6. The van der Waals surface area contributed by atoms with Gasteiger partial charge in [-0.2, -0.15) is 0 Å². The van der Waals surface area contributed by atoms with Crippen molar-refractivity contribution in [3.8, 4) is 5.75 Å². The summed E-state index contributed by atoms with van der Waals surface area (Å²) in [6.07, 6.45) is 0. The Labute approximate surface area is 109 Å². The Hall–Kier alpha value is -1.92. The van der Waals surface area contributed by atoms with Crippen molar-refractivity contribution in [1.82, 2.24) is 0 Å². The molecule has 0 aliphatic rings. The van der Waals surface area contributed by atoms with Crippen LogP contribution in [0.15, 0.2) is 42.5 Å². The molecule has 0 radical (unpaired) electrons. The van der Waals surface area contributed by atoms with Crippen LogP contribution in [0.2, 0.25) is 0 Å². The van der Waals surface area contributed by atoms with Crippen LogP contribution in [-0.2, 0) is 6.61 Å². The van der Waals surface area contributed by atoms with Gasteiger partial charge in [-0.15, -0.1) is 0 Å². The van der Waals surface area contributed by atoms with E-state index in [2.05, 4.69) is 0 Å². The largest absolute Gasteiger partial charge is 0.488 e. The van der Waals surface area contributed by atoms with Crippen molar-refractivity contribution in [2.75, 3.05) is 0 Å². The first-order chi connectivity index (χ1) is 9.08. The summed E-state index contributed by atoms with van der Waals surface area (Å²) in [5.41, 5.74) is 0.509. The zero-order valence-corrected chi connectivity index (χ0v) is 9.88. The van der Waals surface area contributed by atoms with Crippen molar-refractivity contribution in [3.63, 3.8) is 0 Å². The lowest BCUT2D eigenvalue weighted by Crippen LogP contribution is -2.30. The van der Waals surface area contributed by atoms with Crippen LogP contribution in [0.4, 0.5) is 8.78 Å². The Morgan fingerprint density at radius 3 is 2.11 bits per heavy atom. The van der Waals surface area contributed by atoms with E-state index in [1.165, 1.54) is 0 Å². The van der Waals surface area contributed by atoms with Crippen LogP contribution in [0.5, 0.6) is 5.75 Å². The molecule has 2 rings (SSSR count). The second-order valence-electron chi connectivity index (χ2n) is 3.96. The van der Waals surface area contributed by atoms with Gasteiger partial charge in [-0.25, -0.2) is 8.78 Å². The highest BCUT2D eigenvalue weighted by atomic mass is 19.1. The fraction of sp³-hybridized carbons (Fsp3) is 0.0769. The van der Waals surface area contributed by atoms with Gasteiger partial charge in [0.1, 0.15) is 6.61 Å². The molecule has 2 aromatic carbocycles. The van der Waals surface area contributed by atoms with Gasteiger partial charge >= 0.3 is 7.12 Å². The molecule has 0 aliphatic carbocycles. The molecule has 0 aliphatic heterocycles. The summed E-state index contributed by atoms with van der Waals surface area (Å²) in [4.78, 5) is 0. The second-order valence-corrected chi connectivity index (χ2v) is 3.96. The molecule has 0 spiro atoms. The number of halogens is 2. The Morgan fingerprint density at radius 2 is 1.58 bits per heavy atom. The Kier molecular flexibility index (Phi) is 4.14. The highest BCUT2D eigenvalue weighted by Crippen LogP contribution is 2.21. The third kappa shape index (κ3) is 3.30. The molecule has 0 bridgehead atoms. The molecule has 0 unspecified atom stereocenters. The summed E-state index contributed by atoms with van der Waals surface area (Å²) < 4.78 is 32.2. The molecule has 0 aromatic heterocycles. The zero-order chi connectivity index (χ0) is 13.8. The molecule has 2 aromatic rings. The first-order valence-corrected chi connectivity index (χ1v) is 5.59. The van der Waals surface area contributed by atoms with Crippen LogP contribution in [0.1, 0.15) is 5.56 Å². The first-order valence-electron chi connectivity index (χ1n) is 5.59. The zero-order valence-electron chi connectivity index (χ0n) is 9.88. The van der Waals surface area contributed by atoms with E-state index in [1.807, 2.05) is 6.07 Å². The van der Waals surface area contributed by atoms with E-state index in [1.54, 1.807) is 24.3 Å². The molecule has 0 saturated heterocycles. The fourth-order valence-electron chi connectivity index (χ4n) is 1.60. The minimum Gasteiger partial charge on any atom is -0.483 e. The number of ether oxygens (including phenoxy) is 1. The number of benzene rings is 2. The lowest BCUT2D eigenvalue weighted by atomic mass is 9.80. The normalized spacial score (nSPS) is 10.3. The van der Waals surface area contributed by atoms with Crippen molar-refractivity contribution in [2.24, 2.45) is 0 Å². The van der Waals surface area contributed by atoms with E-state index in [0.717, 1.165) is 17.7 Å². The molecule has 0 heterocycles. The van der Waals surface area contributed by atoms with Gasteiger partial charge in [0.15, 0.2) is 17.4 Å². The SMILES string of the molecule is OB(O)c1cc(F)c(OCc2ccccc2)c(F)c1. The van der Waals surface area contributed by atoms with Crippen molar-refractivity contribution < 1.29 is 23.6 Å². The summed E-state index contributed by atoms with van der Waals surface area (Å²) in [5, 5.41) is 17.7. The van der Waals surface area contributed by atoms with Crippen molar-refractivity contribution in [2.45, 2.75) is 6.61 Å². The average molecular weight is 264 g/mol. The molecule has 2 N–H and O–H groups in total. The van der Waals surface area contributed by atoms with Crippen LogP contribution in [0.3, 0.4) is 0 Å². The molecule has 3 nitrogen and oxygen atoms in total. The molecule has 19 heavy (non-hydrogen) atoms. The van der Waals surface area contributed by atoms with Gasteiger partial charge in [0.2, 0.25) is 0 Å². The van der Waals surface area contributed by atoms with Crippen molar-refractivity contribution in [1.29, 1.82) is 0 Å². The van der Waals surface area contributed by atoms with Crippen molar-refractivity contribution in [3.05, 3.63) is 59.7 Å². The molecule has 98 valence electrons. The van der Waals surface area contributed by atoms with Gasteiger partial charge in [-0.05, 0) is 23.2 Å². The molecular formula is C13H11BF2O3. The molecule has 0 fully saturated rings. The maximum atomic E-state index is 13.6. The summed E-state index contributed by atoms with van der Waals surface area (Å²) in [5.74, 6) is -2.48. The summed E-state index contributed by atoms with van der Waals surface area (Å²) in [6.45, 7) is 0.0235. The van der Waals surface area contributed by atoms with Crippen LogP contribution >= 0.6 is 0 Å². The number of rotatable bonds is 4. The fourth-order valence-corrected chi connectivity index (χ4v) is 1.60. The highest BCUT2D eigenvalue weighted by molar-refractivity contribution is 6.58. The topological polar surface area (TPSA) is 49.7 Å². The van der Waals surface area contributed by atoms with E-state index in [-0.39, 0.29) is 12.1 Å². The average Bonchev–Trinajstić information content (AvgIpc) is 2.38. The third-order valence-electron chi connectivity index (χ3n) is 2.54. The predicted octanol–water partition coefficient (Wildman–Crippen LogP) is 1.22. The standard InChI is InChI=1S/C13H11BF2O3/c15-11-6-10(14(17)18)7-12(16)13(11)19-8-9-4-2-1-3-5-9/h1-7,17-18H,8H2. The van der Waals surface area contributed by atoms with E-state index < -0.39 is 24.5 Å². The van der Waals surface area contributed by atoms with Crippen LogP contribution in [-0.4, -0.2) is 17.2 Å². The minimum atomic E-state index is -1.92. The summed E-state index contributed by atoms with van der Waals surface area (Å²) in [7, 11) is -1.92. The van der Waals surface area contributed by atoms with Gasteiger partial charge in [0.25, 0.3) is 0 Å². The monoisotopic (exact) mass is 264 g/mol. The Balaban J connectivity index is 2.17. The summed E-state index contributed by atoms with van der Waals surface area (Å²) in [6, 6.07) is 10.6. The van der Waals surface area contributed by atoms with Crippen LogP contribution in [0.25, 0.3) is 0 Å². The lowest BCUT2D eigenvalue weighted by Gasteiger charge is -2.10. The Morgan fingerprint density at radius 1 is 1.00 bits per heavy atom. The van der Waals surface area contributed by atoms with Gasteiger partial charge in [0, 0.05) is 0 Å². The molecule has 0 saturated carbocycles. The van der Waals surface area contributed by atoms with Crippen LogP contribution < -0.4 is 10.2 Å². The minimum absolute atomic E-state index is 0.0235. The van der Waals surface area contributed by atoms with E-state index in [9.17, 15) is 8.78 Å².